The van der Waals surface area contributed by atoms with Gasteiger partial charge in [-0.05, 0) is 36.5 Å². The number of nitrogens with one attached hydrogen (secondary N) is 1. The van der Waals surface area contributed by atoms with E-state index in [9.17, 15) is 14.9 Å². The summed E-state index contributed by atoms with van der Waals surface area (Å²) in [6, 6.07) is 19.3. The second kappa shape index (κ2) is 10.1. The Bertz CT molecular complexity index is 957. The first-order chi connectivity index (χ1) is 14.9. The largest absolute Gasteiger partial charge is 0.436 e. The van der Waals surface area contributed by atoms with Crippen molar-refractivity contribution in [3.05, 3.63) is 71.3 Å². The Hall–Kier alpha value is -3.37. The maximum absolute atomic E-state index is 12.7. The molecular weight excluding hydrogens is 394 g/mol. The van der Waals surface area contributed by atoms with Gasteiger partial charge in [0.15, 0.2) is 6.10 Å². The number of fused-ring (bicyclic) bond motifs is 1. The third kappa shape index (κ3) is 5.83. The molecule has 31 heavy (non-hydrogen) atoms. The van der Waals surface area contributed by atoms with Crippen LogP contribution in [0, 0.1) is 11.3 Å². The predicted molar refractivity (Wildman–Crippen MR) is 115 cm³/mol. The summed E-state index contributed by atoms with van der Waals surface area (Å²) in [6.07, 6.45) is -0.533. The molecule has 2 atom stereocenters. The van der Waals surface area contributed by atoms with Crippen LogP contribution < -0.4 is 5.32 Å². The third-order valence-corrected chi connectivity index (χ3v) is 5.24. The van der Waals surface area contributed by atoms with Gasteiger partial charge in [0.05, 0.1) is 6.61 Å². The number of benzene rings is 2. The number of hydrogen-bond acceptors (Lipinski definition) is 5. The molecule has 0 fully saturated rings. The summed E-state index contributed by atoms with van der Waals surface area (Å²) in [5.74, 6) is -0.564. The summed E-state index contributed by atoms with van der Waals surface area (Å²) < 4.78 is 11.1. The molecule has 162 valence electrons. The van der Waals surface area contributed by atoms with Crippen LogP contribution in [0.25, 0.3) is 0 Å². The van der Waals surface area contributed by atoms with Crippen LogP contribution in [-0.4, -0.2) is 35.3 Å². The van der Waals surface area contributed by atoms with Crippen molar-refractivity contribution in [2.24, 2.45) is 0 Å². The van der Waals surface area contributed by atoms with Crippen LogP contribution in [0.3, 0.4) is 0 Å². The van der Waals surface area contributed by atoms with Crippen LogP contribution in [-0.2, 0) is 33.8 Å². The Labute approximate surface area is 182 Å². The molecule has 3 rings (SSSR count). The Kier molecular flexibility index (Phi) is 7.27. The van der Waals surface area contributed by atoms with Crippen LogP contribution in [0.4, 0.5) is 4.79 Å². The SMILES string of the molecule is CCC(OC(=O)N1CCc2ccccc2C1)C(=O)NC(C)(C#N)OCc1ccccc1. The normalized spacial score (nSPS) is 15.7. The minimum absolute atomic E-state index is 0.162. The molecule has 1 aliphatic rings. The topological polar surface area (TPSA) is 91.7 Å². The first kappa shape index (κ1) is 22.3. The fourth-order valence-electron chi connectivity index (χ4n) is 3.38. The number of amides is 2. The van der Waals surface area contributed by atoms with Gasteiger partial charge < -0.3 is 19.7 Å². The van der Waals surface area contributed by atoms with E-state index in [2.05, 4.69) is 11.4 Å². The molecule has 2 unspecified atom stereocenters. The Balaban J connectivity index is 1.57. The van der Waals surface area contributed by atoms with E-state index >= 15 is 0 Å². The summed E-state index contributed by atoms with van der Waals surface area (Å²) >= 11 is 0. The fraction of sp³-hybridized carbons (Fsp3) is 0.375. The summed E-state index contributed by atoms with van der Waals surface area (Å²) in [7, 11) is 0. The number of rotatable bonds is 7. The van der Waals surface area contributed by atoms with Gasteiger partial charge in [0.25, 0.3) is 5.91 Å². The number of nitriles is 1. The highest BCUT2D eigenvalue weighted by Crippen LogP contribution is 2.20. The van der Waals surface area contributed by atoms with E-state index in [1.54, 1.807) is 11.8 Å². The molecule has 1 heterocycles. The standard InChI is InChI=1S/C24H27N3O4/c1-3-21(31-23(29)27-14-13-19-11-7-8-12-20(19)15-27)22(28)26-24(2,17-25)30-16-18-9-5-4-6-10-18/h4-12,21H,3,13-16H2,1-2H3,(H,26,28). The van der Waals surface area contributed by atoms with Gasteiger partial charge in [-0.3, -0.25) is 4.79 Å². The highest BCUT2D eigenvalue weighted by atomic mass is 16.6. The first-order valence-electron chi connectivity index (χ1n) is 10.4. The molecule has 0 saturated carbocycles. The lowest BCUT2D eigenvalue weighted by Gasteiger charge is -2.30. The van der Waals surface area contributed by atoms with E-state index < -0.39 is 23.8 Å². The molecule has 0 aromatic heterocycles. The number of hydrogen-bond donors (Lipinski definition) is 1. The van der Waals surface area contributed by atoms with Crippen molar-refractivity contribution in [1.29, 1.82) is 5.26 Å². The average Bonchev–Trinajstić information content (AvgIpc) is 2.81. The molecule has 1 N–H and O–H groups in total. The van der Waals surface area contributed by atoms with E-state index in [1.807, 2.05) is 54.6 Å². The summed E-state index contributed by atoms with van der Waals surface area (Å²) in [6.45, 7) is 4.36. The van der Waals surface area contributed by atoms with Crippen molar-refractivity contribution in [1.82, 2.24) is 10.2 Å². The summed E-state index contributed by atoms with van der Waals surface area (Å²) in [5.41, 5.74) is 1.63. The van der Waals surface area contributed by atoms with Crippen LogP contribution in [0.15, 0.2) is 54.6 Å². The van der Waals surface area contributed by atoms with Crippen LogP contribution in [0.2, 0.25) is 0 Å². The number of ether oxygens (including phenoxy) is 2. The number of nitrogens with zero attached hydrogens (tertiary/aromatic N) is 2. The van der Waals surface area contributed by atoms with E-state index in [1.165, 1.54) is 12.5 Å². The van der Waals surface area contributed by atoms with Crippen molar-refractivity contribution in [2.75, 3.05) is 6.54 Å². The van der Waals surface area contributed by atoms with E-state index in [0.29, 0.717) is 13.1 Å². The second-order valence-corrected chi connectivity index (χ2v) is 7.63. The molecule has 2 amide bonds. The molecule has 7 heteroatoms. The Morgan fingerprint density at radius 3 is 2.52 bits per heavy atom. The maximum atomic E-state index is 12.7. The van der Waals surface area contributed by atoms with E-state index in [4.69, 9.17) is 9.47 Å². The minimum Gasteiger partial charge on any atom is -0.436 e. The van der Waals surface area contributed by atoms with E-state index in [0.717, 1.165) is 17.5 Å². The smallest absolute Gasteiger partial charge is 0.410 e. The van der Waals surface area contributed by atoms with Gasteiger partial charge in [-0.2, -0.15) is 5.26 Å². The van der Waals surface area contributed by atoms with Crippen molar-refractivity contribution >= 4 is 12.0 Å². The van der Waals surface area contributed by atoms with Gasteiger partial charge >= 0.3 is 6.09 Å². The fourth-order valence-corrected chi connectivity index (χ4v) is 3.38. The molecule has 0 aliphatic carbocycles. The highest BCUT2D eigenvalue weighted by molar-refractivity contribution is 5.84. The summed E-state index contributed by atoms with van der Waals surface area (Å²) in [4.78, 5) is 27.0. The minimum atomic E-state index is -1.54. The van der Waals surface area contributed by atoms with Crippen LogP contribution >= 0.6 is 0 Å². The molecule has 7 nitrogen and oxygen atoms in total. The van der Waals surface area contributed by atoms with Gasteiger partial charge in [-0.15, -0.1) is 0 Å². The number of carbonyl (C=O) groups is 2. The molecule has 0 saturated heterocycles. The second-order valence-electron chi connectivity index (χ2n) is 7.63. The molecule has 1 aliphatic heterocycles. The van der Waals surface area contributed by atoms with Crippen molar-refractivity contribution in [2.45, 2.75) is 51.7 Å². The third-order valence-electron chi connectivity index (χ3n) is 5.24. The Morgan fingerprint density at radius 1 is 1.16 bits per heavy atom. The average molecular weight is 421 g/mol. The quantitative estimate of drug-likeness (QED) is 0.691. The lowest BCUT2D eigenvalue weighted by Crippen LogP contribution is -2.52. The van der Waals surface area contributed by atoms with Crippen molar-refractivity contribution in [3.8, 4) is 6.07 Å². The van der Waals surface area contributed by atoms with Gasteiger partial charge in [-0.1, -0.05) is 61.5 Å². The summed E-state index contributed by atoms with van der Waals surface area (Å²) in [5, 5.41) is 12.1. The monoisotopic (exact) mass is 421 g/mol. The van der Waals surface area contributed by atoms with Gasteiger partial charge in [0.1, 0.15) is 6.07 Å². The maximum Gasteiger partial charge on any atom is 0.410 e. The zero-order valence-corrected chi connectivity index (χ0v) is 17.8. The van der Waals surface area contributed by atoms with Crippen LogP contribution in [0.5, 0.6) is 0 Å². The zero-order chi connectivity index (χ0) is 22.3. The predicted octanol–water partition coefficient (Wildman–Crippen LogP) is 3.53. The van der Waals surface area contributed by atoms with Gasteiger partial charge in [-0.25, -0.2) is 4.79 Å². The molecule has 0 spiro atoms. The molecule has 0 bridgehead atoms. The number of carbonyl (C=O) groups excluding carboxylic acids is 2. The molecule has 2 aromatic carbocycles. The molecule has 0 radical (unpaired) electrons. The van der Waals surface area contributed by atoms with Crippen molar-refractivity contribution < 1.29 is 19.1 Å². The van der Waals surface area contributed by atoms with Crippen molar-refractivity contribution in [3.63, 3.8) is 0 Å². The van der Waals surface area contributed by atoms with Crippen LogP contribution in [0.1, 0.15) is 37.0 Å². The lowest BCUT2D eigenvalue weighted by atomic mass is 10.0. The lowest BCUT2D eigenvalue weighted by molar-refractivity contribution is -0.138. The first-order valence-corrected chi connectivity index (χ1v) is 10.4. The molecule has 2 aromatic rings. The Morgan fingerprint density at radius 2 is 1.84 bits per heavy atom. The zero-order valence-electron chi connectivity index (χ0n) is 17.8. The van der Waals surface area contributed by atoms with Gasteiger partial charge in [0, 0.05) is 13.1 Å². The van der Waals surface area contributed by atoms with E-state index in [-0.39, 0.29) is 13.0 Å². The molecular formula is C24H27N3O4. The highest BCUT2D eigenvalue weighted by Gasteiger charge is 2.33. The van der Waals surface area contributed by atoms with Gasteiger partial charge in [0.2, 0.25) is 5.72 Å².